The van der Waals surface area contributed by atoms with Gasteiger partial charge in [0.15, 0.2) is 0 Å². The summed E-state index contributed by atoms with van der Waals surface area (Å²) in [5.41, 5.74) is 0.978. The molecule has 7 heteroatoms. The first-order chi connectivity index (χ1) is 17.5. The Bertz CT molecular complexity index is 760. The third-order valence-corrected chi connectivity index (χ3v) is 7.58. The molecule has 1 aromatic rings. The Kier molecular flexibility index (Phi) is 19.6. The largest absolute Gasteiger partial charge is 0.463 e. The molecule has 0 aliphatic heterocycles. The van der Waals surface area contributed by atoms with Crippen LogP contribution in [0.25, 0.3) is 0 Å². The van der Waals surface area contributed by atoms with Crippen LogP contribution in [0.1, 0.15) is 115 Å². The molecule has 6 nitrogen and oxygen atoms in total. The summed E-state index contributed by atoms with van der Waals surface area (Å²) in [5, 5.41) is 0. The van der Waals surface area contributed by atoms with E-state index >= 15 is 0 Å². The zero-order chi connectivity index (χ0) is 26.3. The van der Waals surface area contributed by atoms with E-state index in [4.69, 9.17) is 13.7 Å². The van der Waals surface area contributed by atoms with Crippen LogP contribution in [0.15, 0.2) is 29.2 Å². The van der Waals surface area contributed by atoms with Crippen molar-refractivity contribution in [2.45, 2.75) is 121 Å². The van der Waals surface area contributed by atoms with E-state index in [1.165, 1.54) is 95.6 Å². The smallest absolute Gasteiger partial charge is 0.305 e. The molecule has 36 heavy (non-hydrogen) atoms. The highest BCUT2D eigenvalue weighted by Crippen LogP contribution is 2.14. The molecule has 0 N–H and O–H groups in total. The maximum Gasteiger partial charge on any atom is 0.305 e. The molecule has 0 aliphatic carbocycles. The fourth-order valence-corrected chi connectivity index (χ4v) is 4.90. The third-order valence-electron chi connectivity index (χ3n) is 6.25. The van der Waals surface area contributed by atoms with Gasteiger partial charge in [-0.3, -0.25) is 8.98 Å². The van der Waals surface area contributed by atoms with Crippen molar-refractivity contribution in [3.05, 3.63) is 29.8 Å². The maximum atomic E-state index is 12.1. The standard InChI is InChI=1S/C29H50O6S/c1-3-4-5-6-7-8-9-10-11-12-13-14-15-16-17-18-29(30)34-25-23-33-24-26-35-36(31,32)28-21-19-27(2)20-22-28/h19-22H,3-18,23-26H2,1-2H3. The zero-order valence-corrected chi connectivity index (χ0v) is 23.6. The van der Waals surface area contributed by atoms with Crippen LogP contribution in [0.3, 0.4) is 0 Å². The summed E-state index contributed by atoms with van der Waals surface area (Å²) in [6, 6.07) is 6.48. The molecule has 0 aliphatic rings. The van der Waals surface area contributed by atoms with Crippen molar-refractivity contribution < 1.29 is 26.9 Å². The van der Waals surface area contributed by atoms with Crippen LogP contribution in [0.4, 0.5) is 0 Å². The fraction of sp³-hybridized carbons (Fsp3) is 0.759. The lowest BCUT2D eigenvalue weighted by molar-refractivity contribution is -0.145. The minimum absolute atomic E-state index is 0.0801. The number of hydrogen-bond donors (Lipinski definition) is 0. The molecule has 0 atom stereocenters. The topological polar surface area (TPSA) is 78.9 Å². The average molecular weight is 527 g/mol. The number of aryl methyl sites for hydroxylation is 1. The molecule has 1 aromatic carbocycles. The lowest BCUT2D eigenvalue weighted by Crippen LogP contribution is -2.15. The first-order valence-corrected chi connectivity index (χ1v) is 15.6. The van der Waals surface area contributed by atoms with Crippen LogP contribution in [-0.2, 0) is 28.6 Å². The van der Waals surface area contributed by atoms with Gasteiger partial charge < -0.3 is 9.47 Å². The van der Waals surface area contributed by atoms with E-state index in [9.17, 15) is 13.2 Å². The number of esters is 1. The van der Waals surface area contributed by atoms with Gasteiger partial charge in [-0.05, 0) is 25.5 Å². The van der Waals surface area contributed by atoms with E-state index in [1.54, 1.807) is 12.1 Å². The molecule has 0 saturated carbocycles. The van der Waals surface area contributed by atoms with Crippen molar-refractivity contribution in [3.8, 4) is 0 Å². The number of ether oxygens (including phenoxy) is 2. The lowest BCUT2D eigenvalue weighted by atomic mass is 10.0. The third kappa shape index (κ3) is 17.9. The molecule has 208 valence electrons. The first-order valence-electron chi connectivity index (χ1n) is 14.1. The minimum Gasteiger partial charge on any atom is -0.463 e. The Morgan fingerprint density at radius 3 is 1.67 bits per heavy atom. The lowest BCUT2D eigenvalue weighted by Gasteiger charge is -2.08. The highest BCUT2D eigenvalue weighted by atomic mass is 32.2. The van der Waals surface area contributed by atoms with Crippen molar-refractivity contribution >= 4 is 16.1 Å². The molecular weight excluding hydrogens is 476 g/mol. The van der Waals surface area contributed by atoms with Crippen molar-refractivity contribution in [3.63, 3.8) is 0 Å². The van der Waals surface area contributed by atoms with Gasteiger partial charge in [0.05, 0.1) is 24.7 Å². The van der Waals surface area contributed by atoms with Gasteiger partial charge in [0.1, 0.15) is 6.61 Å². The van der Waals surface area contributed by atoms with E-state index in [-0.39, 0.29) is 37.3 Å². The summed E-state index contributed by atoms with van der Waals surface area (Å²) < 4.78 is 39.5. The van der Waals surface area contributed by atoms with Gasteiger partial charge in [0, 0.05) is 6.42 Å². The van der Waals surface area contributed by atoms with Gasteiger partial charge in [0.25, 0.3) is 10.1 Å². The molecule has 0 heterocycles. The van der Waals surface area contributed by atoms with Crippen molar-refractivity contribution in [2.75, 3.05) is 26.4 Å². The van der Waals surface area contributed by atoms with E-state index in [1.807, 2.05) is 6.92 Å². The van der Waals surface area contributed by atoms with Gasteiger partial charge in [-0.25, -0.2) is 0 Å². The number of carbonyl (C=O) groups is 1. The fourth-order valence-electron chi connectivity index (χ4n) is 4.00. The monoisotopic (exact) mass is 526 g/mol. The molecule has 0 unspecified atom stereocenters. The molecule has 0 aromatic heterocycles. The Balaban J connectivity index is 1.84. The molecule has 0 saturated heterocycles. The molecule has 0 spiro atoms. The second kappa shape index (κ2) is 21.6. The van der Waals surface area contributed by atoms with Gasteiger partial charge in [-0.15, -0.1) is 0 Å². The van der Waals surface area contributed by atoms with Crippen LogP contribution >= 0.6 is 0 Å². The summed E-state index contributed by atoms with van der Waals surface area (Å²) in [7, 11) is -3.78. The van der Waals surface area contributed by atoms with Crippen molar-refractivity contribution in [1.29, 1.82) is 0 Å². The summed E-state index contributed by atoms with van der Waals surface area (Å²) in [6.45, 7) is 4.57. The second-order valence-corrected chi connectivity index (χ2v) is 11.2. The van der Waals surface area contributed by atoms with Gasteiger partial charge in [-0.1, -0.05) is 115 Å². The quantitative estimate of drug-likeness (QED) is 0.0787. The van der Waals surface area contributed by atoms with Crippen LogP contribution < -0.4 is 0 Å². The predicted octanol–water partition coefficient (Wildman–Crippen LogP) is 7.52. The first kappa shape index (κ1) is 32.6. The summed E-state index contributed by atoms with van der Waals surface area (Å²) in [4.78, 5) is 11.9. The van der Waals surface area contributed by atoms with E-state index < -0.39 is 10.1 Å². The molecule has 0 amide bonds. The predicted molar refractivity (Wildman–Crippen MR) is 146 cm³/mol. The molecular formula is C29H50O6S. The second-order valence-electron chi connectivity index (χ2n) is 9.62. The van der Waals surface area contributed by atoms with Crippen LogP contribution in [0, 0.1) is 6.92 Å². The number of carbonyl (C=O) groups excluding carboxylic acids is 1. The van der Waals surface area contributed by atoms with E-state index in [0.717, 1.165) is 18.4 Å². The van der Waals surface area contributed by atoms with Gasteiger partial charge >= 0.3 is 5.97 Å². The Morgan fingerprint density at radius 2 is 1.14 bits per heavy atom. The maximum absolute atomic E-state index is 12.1. The molecule has 0 fully saturated rings. The number of unbranched alkanes of at least 4 members (excludes halogenated alkanes) is 14. The average Bonchev–Trinajstić information content (AvgIpc) is 2.86. The Labute approximate surface area is 220 Å². The number of hydrogen-bond acceptors (Lipinski definition) is 6. The summed E-state index contributed by atoms with van der Waals surface area (Å²) in [5.74, 6) is -0.202. The van der Waals surface area contributed by atoms with Crippen LogP contribution in [-0.4, -0.2) is 40.8 Å². The van der Waals surface area contributed by atoms with Crippen LogP contribution in [0.2, 0.25) is 0 Å². The number of benzene rings is 1. The molecule has 0 bridgehead atoms. The Hall–Kier alpha value is -1.44. The summed E-state index contributed by atoms with van der Waals surface area (Å²) in [6.07, 6.45) is 19.9. The van der Waals surface area contributed by atoms with Gasteiger partial charge in [-0.2, -0.15) is 8.42 Å². The minimum atomic E-state index is -3.78. The van der Waals surface area contributed by atoms with Crippen LogP contribution in [0.5, 0.6) is 0 Å². The molecule has 0 radical (unpaired) electrons. The van der Waals surface area contributed by atoms with E-state index in [0.29, 0.717) is 6.42 Å². The van der Waals surface area contributed by atoms with Crippen molar-refractivity contribution in [1.82, 2.24) is 0 Å². The highest BCUT2D eigenvalue weighted by Gasteiger charge is 2.14. The molecule has 1 rings (SSSR count). The van der Waals surface area contributed by atoms with Gasteiger partial charge in [0.2, 0.25) is 0 Å². The number of rotatable bonds is 24. The highest BCUT2D eigenvalue weighted by molar-refractivity contribution is 7.86. The summed E-state index contributed by atoms with van der Waals surface area (Å²) >= 11 is 0. The Morgan fingerprint density at radius 1 is 0.667 bits per heavy atom. The zero-order valence-electron chi connectivity index (χ0n) is 22.8. The van der Waals surface area contributed by atoms with Crippen molar-refractivity contribution in [2.24, 2.45) is 0 Å². The normalized spacial score (nSPS) is 11.6. The van der Waals surface area contributed by atoms with E-state index in [2.05, 4.69) is 6.92 Å². The SMILES string of the molecule is CCCCCCCCCCCCCCCCCC(=O)OCCOCCOS(=O)(=O)c1ccc(C)cc1.